The molecule has 338 valence electrons. The van der Waals surface area contributed by atoms with E-state index in [2.05, 4.69) is 38.0 Å². The highest BCUT2D eigenvalue weighted by molar-refractivity contribution is 7.94. The second-order valence-corrected chi connectivity index (χ2v) is 17.4. The third kappa shape index (κ3) is 14.0. The fourth-order valence-corrected chi connectivity index (χ4v) is 8.99. The van der Waals surface area contributed by atoms with Crippen LogP contribution in [0.4, 0.5) is 51.0 Å². The SMILES string of the molecule is Cc1cccc(N2CCN(Cc3cnc(-c4cc5cccc(N(CC6CC6)S(=O)(=O)c6cccs6)c5[nH]4)s3)CC2)n1.O=C(O)C(F)(F)F.O=C(O)C(F)(F)F.O=C(O)C(F)(F)F. The molecule has 14 nitrogen and oxygen atoms in total. The van der Waals surface area contributed by atoms with Gasteiger partial charge in [-0.1, -0.05) is 24.3 Å². The van der Waals surface area contributed by atoms with Crippen LogP contribution in [0.5, 0.6) is 0 Å². The van der Waals surface area contributed by atoms with Crippen molar-refractivity contribution in [3.05, 3.63) is 76.7 Å². The second-order valence-electron chi connectivity index (χ2n) is 13.3. The van der Waals surface area contributed by atoms with Gasteiger partial charge in [0.1, 0.15) is 15.0 Å². The van der Waals surface area contributed by atoms with Crippen LogP contribution in [0.2, 0.25) is 0 Å². The highest BCUT2D eigenvalue weighted by Gasteiger charge is 2.40. The quantitative estimate of drug-likeness (QED) is 0.105. The molecule has 2 fully saturated rings. The number of benzene rings is 1. The van der Waals surface area contributed by atoms with Crippen LogP contribution < -0.4 is 9.21 Å². The number of hydrogen-bond donors (Lipinski definition) is 4. The third-order valence-electron chi connectivity index (χ3n) is 8.52. The minimum Gasteiger partial charge on any atom is -0.475 e. The van der Waals surface area contributed by atoms with Gasteiger partial charge in [-0.2, -0.15) is 39.5 Å². The predicted molar refractivity (Wildman–Crippen MR) is 209 cm³/mol. The van der Waals surface area contributed by atoms with Crippen LogP contribution in [0.1, 0.15) is 23.4 Å². The molecule has 4 aromatic heterocycles. The van der Waals surface area contributed by atoms with Crippen molar-refractivity contribution in [2.75, 3.05) is 41.9 Å². The number of aryl methyl sites for hydroxylation is 1. The first-order chi connectivity index (χ1) is 28.8. The largest absolute Gasteiger partial charge is 0.490 e. The number of aliphatic carboxylic acids is 3. The second kappa shape index (κ2) is 20.1. The maximum absolute atomic E-state index is 13.7. The molecule has 1 saturated carbocycles. The molecule has 1 aliphatic heterocycles. The summed E-state index contributed by atoms with van der Waals surface area (Å²) in [4.78, 5) is 45.7. The fourth-order valence-electron chi connectivity index (χ4n) is 5.41. The van der Waals surface area contributed by atoms with Gasteiger partial charge in [0, 0.05) is 61.4 Å². The number of para-hydroxylation sites is 1. The van der Waals surface area contributed by atoms with Gasteiger partial charge in [0.25, 0.3) is 10.0 Å². The van der Waals surface area contributed by atoms with E-state index in [1.54, 1.807) is 27.8 Å². The first-order valence-electron chi connectivity index (χ1n) is 17.7. The lowest BCUT2D eigenvalue weighted by Gasteiger charge is -2.35. The monoisotopic (exact) mass is 946 g/mol. The average molecular weight is 947 g/mol. The van der Waals surface area contributed by atoms with Crippen LogP contribution in [0.15, 0.2) is 70.4 Å². The van der Waals surface area contributed by atoms with E-state index in [1.165, 1.54) is 16.2 Å². The van der Waals surface area contributed by atoms with Gasteiger partial charge >= 0.3 is 36.4 Å². The van der Waals surface area contributed by atoms with E-state index < -0.39 is 46.5 Å². The number of carboxylic acid groups (broad SMARTS) is 3. The number of rotatable bonds is 9. The van der Waals surface area contributed by atoms with Crippen molar-refractivity contribution >= 4 is 73.0 Å². The molecule has 5 heterocycles. The lowest BCUT2D eigenvalue weighted by molar-refractivity contribution is -0.193. The predicted octanol–water partition coefficient (Wildman–Crippen LogP) is 7.88. The van der Waals surface area contributed by atoms with Crippen molar-refractivity contribution in [2.24, 2.45) is 5.92 Å². The number of sulfonamides is 1. The molecule has 2 aliphatic rings. The van der Waals surface area contributed by atoms with Crippen molar-refractivity contribution in [1.82, 2.24) is 19.9 Å². The molecule has 0 atom stereocenters. The first kappa shape index (κ1) is 49.2. The van der Waals surface area contributed by atoms with Crippen LogP contribution in [-0.2, 0) is 31.0 Å². The van der Waals surface area contributed by atoms with Gasteiger partial charge in [0.2, 0.25) is 0 Å². The molecule has 7 rings (SSSR count). The standard InChI is InChI=1S/C30H32N6O2S3.3C2HF3O2/c1-21-5-2-8-27(32-21)35-14-12-34(13-15-35)20-24-18-31-30(40-24)25-17-23-6-3-7-26(29(23)33-25)36(19-22-10-11-22)41(37,38)28-9-4-16-39-28;3*3-2(4,5)1(6)7/h2-9,16-18,22,33H,10-15,19-20H2,1H3;3*(H,6,7). The number of aromatic nitrogens is 3. The van der Waals surface area contributed by atoms with Crippen molar-refractivity contribution in [2.45, 2.75) is 49.0 Å². The molecule has 0 radical (unpaired) electrons. The van der Waals surface area contributed by atoms with E-state index in [-0.39, 0.29) is 0 Å². The van der Waals surface area contributed by atoms with Crippen molar-refractivity contribution in [3.63, 3.8) is 0 Å². The normalized spacial score (nSPS) is 14.7. The molecular formula is C36H35F9N6O8S3. The van der Waals surface area contributed by atoms with Crippen molar-refractivity contribution < 1.29 is 77.6 Å². The summed E-state index contributed by atoms with van der Waals surface area (Å²) in [6.45, 7) is 7.28. The number of piperazine rings is 1. The zero-order valence-electron chi connectivity index (χ0n) is 31.8. The van der Waals surface area contributed by atoms with E-state index in [0.29, 0.717) is 22.4 Å². The van der Waals surface area contributed by atoms with E-state index in [4.69, 9.17) is 34.7 Å². The smallest absolute Gasteiger partial charge is 0.475 e. The molecule has 5 aromatic rings. The molecule has 62 heavy (non-hydrogen) atoms. The molecule has 0 unspecified atom stereocenters. The summed E-state index contributed by atoms with van der Waals surface area (Å²) in [6, 6.07) is 17.7. The van der Waals surface area contributed by atoms with Gasteiger partial charge in [0.05, 0.1) is 16.9 Å². The number of alkyl halides is 9. The molecule has 0 bridgehead atoms. The van der Waals surface area contributed by atoms with Crippen LogP contribution in [0.3, 0.4) is 0 Å². The molecule has 0 amide bonds. The van der Waals surface area contributed by atoms with Crippen molar-refractivity contribution in [3.8, 4) is 10.7 Å². The van der Waals surface area contributed by atoms with Crippen LogP contribution in [0.25, 0.3) is 21.6 Å². The highest BCUT2D eigenvalue weighted by Crippen LogP contribution is 2.39. The number of carbonyl (C=O) groups is 3. The Kier molecular flexibility index (Phi) is 16.0. The number of fused-ring (bicyclic) bond motifs is 1. The molecule has 1 saturated heterocycles. The van der Waals surface area contributed by atoms with Gasteiger partial charge in [-0.15, -0.1) is 22.7 Å². The number of anilines is 2. The van der Waals surface area contributed by atoms with Crippen molar-refractivity contribution in [1.29, 1.82) is 0 Å². The van der Waals surface area contributed by atoms with Gasteiger partial charge < -0.3 is 25.2 Å². The lowest BCUT2D eigenvalue weighted by atomic mass is 10.2. The summed E-state index contributed by atoms with van der Waals surface area (Å²) in [5, 5.41) is 25.1. The summed E-state index contributed by atoms with van der Waals surface area (Å²) >= 11 is 2.96. The number of aromatic amines is 1. The Morgan fingerprint density at radius 1 is 0.839 bits per heavy atom. The minimum absolute atomic E-state index is 0.377. The number of H-pyrrole nitrogens is 1. The Labute approximate surface area is 353 Å². The Morgan fingerprint density at radius 3 is 1.90 bits per heavy atom. The summed E-state index contributed by atoms with van der Waals surface area (Å²) in [6.07, 6.45) is -11.1. The van der Waals surface area contributed by atoms with E-state index in [9.17, 15) is 47.9 Å². The number of hydrogen-bond acceptors (Lipinski definition) is 11. The maximum atomic E-state index is 13.7. The summed E-state index contributed by atoms with van der Waals surface area (Å²) in [5.74, 6) is -6.81. The number of nitrogens with one attached hydrogen (secondary N) is 1. The minimum atomic E-state index is -5.08. The first-order valence-corrected chi connectivity index (χ1v) is 20.8. The van der Waals surface area contributed by atoms with Gasteiger partial charge in [-0.3, -0.25) is 9.21 Å². The number of thiazole rings is 1. The Morgan fingerprint density at radius 2 is 1.40 bits per heavy atom. The number of thiophene rings is 1. The van der Waals surface area contributed by atoms with Gasteiger partial charge in [-0.25, -0.2) is 32.8 Å². The summed E-state index contributed by atoms with van der Waals surface area (Å²) in [5.41, 5.74) is 3.50. The fraction of sp³-hybridized carbons (Fsp3) is 0.361. The molecule has 0 spiro atoms. The van der Waals surface area contributed by atoms with Crippen LogP contribution in [-0.4, -0.2) is 113 Å². The number of halogens is 9. The van der Waals surface area contributed by atoms with Gasteiger partial charge in [0.15, 0.2) is 0 Å². The lowest BCUT2D eigenvalue weighted by Crippen LogP contribution is -2.46. The number of nitrogens with zero attached hydrogens (tertiary/aromatic N) is 5. The summed E-state index contributed by atoms with van der Waals surface area (Å²) < 4.78 is 125. The topological polar surface area (TPSA) is 197 Å². The average Bonchev–Trinajstić information content (AvgIpc) is 3.53. The van der Waals surface area contributed by atoms with Crippen LogP contribution in [0, 0.1) is 12.8 Å². The third-order valence-corrected chi connectivity index (χ3v) is 12.7. The maximum Gasteiger partial charge on any atom is 0.490 e. The number of carboxylic acids is 3. The zero-order valence-corrected chi connectivity index (χ0v) is 34.3. The zero-order chi connectivity index (χ0) is 46.2. The van der Waals surface area contributed by atoms with Crippen LogP contribution >= 0.6 is 22.7 Å². The molecule has 1 aromatic carbocycles. The van der Waals surface area contributed by atoms with E-state index in [1.807, 2.05) is 42.8 Å². The van der Waals surface area contributed by atoms with E-state index in [0.717, 1.165) is 78.7 Å². The molecule has 26 heteroatoms. The Hall–Kier alpha value is -5.47. The van der Waals surface area contributed by atoms with Gasteiger partial charge in [-0.05, 0) is 61.4 Å². The van der Waals surface area contributed by atoms with E-state index >= 15 is 0 Å². The molecule has 4 N–H and O–H groups in total. The summed E-state index contributed by atoms with van der Waals surface area (Å²) in [7, 11) is -3.64. The molecule has 1 aliphatic carbocycles. The highest BCUT2D eigenvalue weighted by atomic mass is 32.2. The molecular weight excluding hydrogens is 912 g/mol. The Balaban J connectivity index is 0.000000333. The number of pyridine rings is 1. The Bertz CT molecular complexity index is 2350.